The summed E-state index contributed by atoms with van der Waals surface area (Å²) in [6, 6.07) is 4.96. The number of nitrogens with one attached hydrogen (secondary N) is 2. The summed E-state index contributed by atoms with van der Waals surface area (Å²) in [6.07, 6.45) is 5.19. The monoisotopic (exact) mass is 436 g/mol. The van der Waals surface area contributed by atoms with Crippen molar-refractivity contribution in [1.82, 2.24) is 10.6 Å². The quantitative estimate of drug-likeness (QED) is 0.503. The van der Waals surface area contributed by atoms with Gasteiger partial charge in [0.1, 0.15) is 0 Å². The SMILES string of the molecule is CC(C)(C)c1c([Si](C)(C)C)ccc(CP)c1CP(C1CCNC1)C1CCNC1. The van der Waals surface area contributed by atoms with Crippen LogP contribution in [0.25, 0.3) is 0 Å². The summed E-state index contributed by atoms with van der Waals surface area (Å²) < 4.78 is 0. The molecular weight excluding hydrogens is 394 g/mol. The zero-order valence-electron chi connectivity index (χ0n) is 19.0. The molecule has 28 heavy (non-hydrogen) atoms. The molecule has 3 atom stereocenters. The van der Waals surface area contributed by atoms with Crippen molar-refractivity contribution >= 4 is 30.4 Å². The topological polar surface area (TPSA) is 24.1 Å². The van der Waals surface area contributed by atoms with Crippen LogP contribution in [0.2, 0.25) is 19.6 Å². The molecule has 2 aliphatic rings. The summed E-state index contributed by atoms with van der Waals surface area (Å²) in [5, 5.41) is 9.03. The van der Waals surface area contributed by atoms with Crippen molar-refractivity contribution in [3.8, 4) is 0 Å². The molecule has 1 aromatic carbocycles. The largest absolute Gasteiger partial charge is 0.316 e. The van der Waals surface area contributed by atoms with Gasteiger partial charge >= 0.3 is 0 Å². The van der Waals surface area contributed by atoms with Crippen LogP contribution in [0.3, 0.4) is 0 Å². The molecule has 3 rings (SSSR count). The molecule has 0 aliphatic carbocycles. The number of hydrogen-bond donors (Lipinski definition) is 2. The van der Waals surface area contributed by atoms with Gasteiger partial charge in [0.2, 0.25) is 0 Å². The molecule has 1 aromatic rings. The highest BCUT2D eigenvalue weighted by Crippen LogP contribution is 2.54. The van der Waals surface area contributed by atoms with Crippen molar-refractivity contribution in [2.24, 2.45) is 0 Å². The van der Waals surface area contributed by atoms with E-state index in [4.69, 9.17) is 0 Å². The Morgan fingerprint density at radius 3 is 2.00 bits per heavy atom. The van der Waals surface area contributed by atoms with Gasteiger partial charge in [-0.3, -0.25) is 0 Å². The van der Waals surface area contributed by atoms with Crippen LogP contribution in [0.1, 0.15) is 50.3 Å². The molecule has 0 bridgehead atoms. The Morgan fingerprint density at radius 2 is 1.61 bits per heavy atom. The molecule has 2 saturated heterocycles. The van der Waals surface area contributed by atoms with Gasteiger partial charge in [-0.05, 0) is 71.7 Å². The Hall–Kier alpha value is 0.217. The zero-order chi connectivity index (χ0) is 20.5. The number of hydrogen-bond acceptors (Lipinski definition) is 2. The van der Waals surface area contributed by atoms with Crippen LogP contribution in [-0.2, 0) is 17.7 Å². The van der Waals surface area contributed by atoms with Crippen LogP contribution >= 0.6 is 17.2 Å². The lowest BCUT2D eigenvalue weighted by molar-refractivity contribution is 0.588. The first-order valence-corrected chi connectivity index (χ1v) is 17.1. The maximum absolute atomic E-state index is 3.67. The van der Waals surface area contributed by atoms with Crippen LogP contribution in [0.5, 0.6) is 0 Å². The molecule has 2 nitrogen and oxygen atoms in total. The van der Waals surface area contributed by atoms with Gasteiger partial charge in [-0.15, -0.1) is 9.24 Å². The van der Waals surface area contributed by atoms with Crippen LogP contribution in [0.15, 0.2) is 12.1 Å². The van der Waals surface area contributed by atoms with Crippen molar-refractivity contribution in [2.45, 2.75) is 82.3 Å². The van der Waals surface area contributed by atoms with Crippen molar-refractivity contribution in [1.29, 1.82) is 0 Å². The number of benzene rings is 1. The molecule has 2 heterocycles. The van der Waals surface area contributed by atoms with Crippen molar-refractivity contribution < 1.29 is 0 Å². The fraction of sp³-hybridized carbons (Fsp3) is 0.739. The van der Waals surface area contributed by atoms with E-state index in [0.717, 1.165) is 17.5 Å². The van der Waals surface area contributed by atoms with Gasteiger partial charge in [0, 0.05) is 13.1 Å². The summed E-state index contributed by atoms with van der Waals surface area (Å²) in [7, 11) is 1.63. The summed E-state index contributed by atoms with van der Waals surface area (Å²) in [5.41, 5.74) is 7.04. The summed E-state index contributed by atoms with van der Waals surface area (Å²) in [6.45, 7) is 19.8. The van der Waals surface area contributed by atoms with E-state index in [2.05, 4.69) is 72.4 Å². The molecule has 0 spiro atoms. The molecule has 2 aliphatic heterocycles. The van der Waals surface area contributed by atoms with Crippen LogP contribution in [-0.4, -0.2) is 45.6 Å². The number of rotatable bonds is 6. The Balaban J connectivity index is 2.09. The van der Waals surface area contributed by atoms with Gasteiger partial charge in [0.05, 0.1) is 8.07 Å². The van der Waals surface area contributed by atoms with E-state index < -0.39 is 8.07 Å². The molecule has 3 unspecified atom stereocenters. The predicted molar refractivity (Wildman–Crippen MR) is 135 cm³/mol. The average molecular weight is 437 g/mol. The molecule has 0 aromatic heterocycles. The van der Waals surface area contributed by atoms with Gasteiger partial charge in [-0.1, -0.05) is 65.7 Å². The standard InChI is InChI=1S/C23H42N2P2Si/c1-23(2,3)22-20(17(15-26)7-8-21(22)28(4,5)6)16-27(18-9-11-24-13-18)19-10-12-25-14-19/h7-8,18-19,24-25H,9-16,26H2,1-6H3. The van der Waals surface area contributed by atoms with E-state index in [9.17, 15) is 0 Å². The third-order valence-corrected chi connectivity index (χ3v) is 12.4. The maximum atomic E-state index is 3.67. The van der Waals surface area contributed by atoms with Gasteiger partial charge in [0.25, 0.3) is 0 Å². The third-order valence-electron chi connectivity index (χ3n) is 6.54. The Labute approximate surface area is 178 Å². The molecule has 2 fully saturated rings. The van der Waals surface area contributed by atoms with Gasteiger partial charge in [-0.25, -0.2) is 0 Å². The van der Waals surface area contributed by atoms with Crippen LogP contribution < -0.4 is 15.8 Å². The fourth-order valence-corrected chi connectivity index (χ4v) is 10.9. The zero-order valence-corrected chi connectivity index (χ0v) is 22.0. The van der Waals surface area contributed by atoms with E-state index in [1.807, 2.05) is 0 Å². The maximum Gasteiger partial charge on any atom is 0.0779 e. The van der Waals surface area contributed by atoms with Gasteiger partial charge in [0.15, 0.2) is 0 Å². The van der Waals surface area contributed by atoms with Crippen molar-refractivity contribution in [3.63, 3.8) is 0 Å². The highest BCUT2D eigenvalue weighted by molar-refractivity contribution is 7.58. The molecule has 0 saturated carbocycles. The lowest BCUT2D eigenvalue weighted by Gasteiger charge is -2.36. The minimum Gasteiger partial charge on any atom is -0.316 e. The molecule has 5 heteroatoms. The fourth-order valence-electron chi connectivity index (χ4n) is 5.13. The summed E-state index contributed by atoms with van der Waals surface area (Å²) >= 11 is 0. The average Bonchev–Trinajstić information content (AvgIpc) is 3.31. The van der Waals surface area contributed by atoms with Gasteiger partial charge in [-0.2, -0.15) is 0 Å². The molecular formula is C23H42N2P2Si. The first-order valence-electron chi connectivity index (χ1n) is 11.2. The van der Waals surface area contributed by atoms with Crippen LogP contribution in [0.4, 0.5) is 0 Å². The molecule has 0 radical (unpaired) electrons. The highest BCUT2D eigenvalue weighted by atomic mass is 31.1. The van der Waals surface area contributed by atoms with E-state index >= 15 is 0 Å². The third kappa shape index (κ3) is 5.09. The molecule has 0 amide bonds. The first kappa shape index (κ1) is 22.9. The predicted octanol–water partition coefficient (Wildman–Crippen LogP) is 4.61. The van der Waals surface area contributed by atoms with Gasteiger partial charge < -0.3 is 10.6 Å². The second-order valence-corrected chi connectivity index (χ2v) is 19.0. The minimum atomic E-state index is -1.39. The molecule has 158 valence electrons. The smallest absolute Gasteiger partial charge is 0.0779 e. The second kappa shape index (κ2) is 9.15. The lowest BCUT2D eigenvalue weighted by Crippen LogP contribution is -2.44. The van der Waals surface area contributed by atoms with E-state index in [1.165, 1.54) is 45.2 Å². The lowest BCUT2D eigenvalue weighted by atomic mass is 9.82. The van der Waals surface area contributed by atoms with E-state index in [0.29, 0.717) is 0 Å². The molecule has 2 N–H and O–H groups in total. The Bertz CT molecular complexity index is 650. The summed E-state index contributed by atoms with van der Waals surface area (Å²) in [5.74, 6) is 0. The summed E-state index contributed by atoms with van der Waals surface area (Å²) in [4.78, 5) is 0. The first-order chi connectivity index (χ1) is 13.1. The second-order valence-electron chi connectivity index (χ2n) is 10.8. The van der Waals surface area contributed by atoms with E-state index in [-0.39, 0.29) is 13.3 Å². The normalized spacial score (nSPS) is 24.7. The Kier molecular flexibility index (Phi) is 7.48. The van der Waals surface area contributed by atoms with Crippen LogP contribution in [0, 0.1) is 0 Å². The van der Waals surface area contributed by atoms with Crippen molar-refractivity contribution in [3.05, 3.63) is 28.8 Å². The van der Waals surface area contributed by atoms with Crippen molar-refractivity contribution in [2.75, 3.05) is 26.2 Å². The Morgan fingerprint density at radius 1 is 1.04 bits per heavy atom. The highest BCUT2D eigenvalue weighted by Gasteiger charge is 2.36. The minimum absolute atomic E-state index is 0.00844. The van der Waals surface area contributed by atoms with E-state index in [1.54, 1.807) is 21.9 Å².